The number of hydrogen-bond donors (Lipinski definition) is 1. The molecule has 1 N–H and O–H groups in total. The van der Waals surface area contributed by atoms with Crippen molar-refractivity contribution in [2.24, 2.45) is 11.8 Å². The van der Waals surface area contributed by atoms with E-state index in [1.54, 1.807) is 13.2 Å². The van der Waals surface area contributed by atoms with Gasteiger partial charge in [0.15, 0.2) is 0 Å². The van der Waals surface area contributed by atoms with Crippen LogP contribution in [0.2, 0.25) is 5.02 Å². The lowest BCUT2D eigenvalue weighted by molar-refractivity contribution is 0.0135. The van der Waals surface area contributed by atoms with E-state index >= 15 is 0 Å². The first kappa shape index (κ1) is 31.6. The van der Waals surface area contributed by atoms with Gasteiger partial charge in [-0.15, -0.1) is 0 Å². The van der Waals surface area contributed by atoms with Gasteiger partial charge in [0.25, 0.3) is 5.91 Å². The Bertz CT molecular complexity index is 1250. The summed E-state index contributed by atoms with van der Waals surface area (Å²) in [4.78, 5) is 15.4. The fourth-order valence-electron chi connectivity index (χ4n) is 5.93. The number of carbonyl (C=O) groups is 1. The number of hydrogen-bond acceptors (Lipinski definition) is 5. The summed E-state index contributed by atoms with van der Waals surface area (Å²) >= 11 is 6.40. The van der Waals surface area contributed by atoms with Gasteiger partial charge in [-0.3, -0.25) is 9.52 Å². The molecule has 0 bridgehead atoms. The highest BCUT2D eigenvalue weighted by molar-refractivity contribution is 7.84. The van der Waals surface area contributed by atoms with Gasteiger partial charge in [0, 0.05) is 42.0 Å². The number of nitrogens with one attached hydrogen (secondary N) is 1. The zero-order valence-corrected chi connectivity index (χ0v) is 26.6. The molecule has 2 aliphatic rings. The molecule has 0 aromatic heterocycles. The first-order valence-electron chi connectivity index (χ1n) is 15.0. The first-order valence-corrected chi connectivity index (χ1v) is 16.6. The summed E-state index contributed by atoms with van der Waals surface area (Å²) < 4.78 is 27.3. The zero-order valence-electron chi connectivity index (χ0n) is 25.0. The molecule has 1 fully saturated rings. The monoisotopic (exact) mass is 600 g/mol. The van der Waals surface area contributed by atoms with Gasteiger partial charge in [-0.2, -0.15) is 0 Å². The third kappa shape index (κ3) is 7.74. The molecule has 0 spiro atoms. The van der Waals surface area contributed by atoms with Crippen LogP contribution in [0.25, 0.3) is 0 Å². The van der Waals surface area contributed by atoms with Crippen LogP contribution in [0.3, 0.4) is 0 Å². The van der Waals surface area contributed by atoms with Gasteiger partial charge in [-0.05, 0) is 92.8 Å². The molecule has 1 amide bonds. The highest BCUT2D eigenvalue weighted by atomic mass is 35.5. The van der Waals surface area contributed by atoms with Crippen molar-refractivity contribution in [3.63, 3.8) is 0 Å². The third-order valence-corrected chi connectivity index (χ3v) is 9.79. The molecular formula is C33H45ClN2O4S. The van der Waals surface area contributed by atoms with Gasteiger partial charge in [0.2, 0.25) is 0 Å². The summed E-state index contributed by atoms with van der Waals surface area (Å²) in [5, 5.41) is 0.590. The van der Waals surface area contributed by atoms with E-state index in [1.165, 1.54) is 11.1 Å². The predicted molar refractivity (Wildman–Crippen MR) is 170 cm³/mol. The molecule has 2 aromatic rings. The molecule has 0 radical (unpaired) electrons. The maximum atomic E-state index is 13.0. The Kier molecular flexibility index (Phi) is 11.3. The standard InChI is InChI=1S/C33H45ClN2O4S/c1-6-8-10-31(39-5)29-14-11-25(29)19-36-20-26(28-15-13-27(34)17-23(28)9-7-2)21-40-32-16-12-24(18-30(32)36)33(37)35-41(38)22(3)4/h8,10,12-13,15-18,22,25-26,29,31H,6-7,9,11,14,19-21H2,1-5H3,(H,35,37)/b10-8+. The van der Waals surface area contributed by atoms with E-state index < -0.39 is 11.0 Å². The van der Waals surface area contributed by atoms with Crippen molar-refractivity contribution >= 4 is 34.2 Å². The number of anilines is 1. The second-order valence-electron chi connectivity index (χ2n) is 11.5. The van der Waals surface area contributed by atoms with E-state index in [0.29, 0.717) is 24.0 Å². The van der Waals surface area contributed by atoms with E-state index in [-0.39, 0.29) is 23.2 Å². The maximum Gasteiger partial charge on any atom is 0.263 e. The van der Waals surface area contributed by atoms with Crippen molar-refractivity contribution < 1.29 is 18.5 Å². The minimum absolute atomic E-state index is 0.0998. The normalized spacial score (nSPS) is 22.0. The molecule has 1 aliphatic carbocycles. The predicted octanol–water partition coefficient (Wildman–Crippen LogP) is 7.08. The molecule has 1 aliphatic heterocycles. The van der Waals surface area contributed by atoms with Crippen LogP contribution < -0.4 is 14.4 Å². The Morgan fingerprint density at radius 1 is 1.22 bits per heavy atom. The van der Waals surface area contributed by atoms with Crippen molar-refractivity contribution in [3.8, 4) is 5.75 Å². The highest BCUT2D eigenvalue weighted by Gasteiger charge is 2.38. The zero-order chi connectivity index (χ0) is 29.5. The lowest BCUT2D eigenvalue weighted by atomic mass is 9.70. The second-order valence-corrected chi connectivity index (χ2v) is 13.7. The summed E-state index contributed by atoms with van der Waals surface area (Å²) in [5.41, 5.74) is 3.92. The average Bonchev–Trinajstić information content (AvgIpc) is 3.12. The quantitative estimate of drug-likeness (QED) is 0.264. The minimum atomic E-state index is -1.44. The topological polar surface area (TPSA) is 67.9 Å². The molecule has 4 rings (SSSR count). The fourth-order valence-corrected chi connectivity index (χ4v) is 6.66. The Balaban J connectivity index is 1.67. The summed E-state index contributed by atoms with van der Waals surface area (Å²) in [6, 6.07) is 11.8. The molecule has 1 heterocycles. The summed E-state index contributed by atoms with van der Waals surface area (Å²) in [7, 11) is 0.354. The molecule has 0 saturated heterocycles. The Labute approximate surface area is 253 Å². The van der Waals surface area contributed by atoms with Gasteiger partial charge in [-0.25, -0.2) is 4.21 Å². The van der Waals surface area contributed by atoms with Crippen molar-refractivity contribution in [2.45, 2.75) is 77.1 Å². The number of fused-ring (bicyclic) bond motifs is 1. The van der Waals surface area contributed by atoms with Crippen LogP contribution >= 0.6 is 11.6 Å². The van der Waals surface area contributed by atoms with Crippen molar-refractivity contribution in [1.29, 1.82) is 0 Å². The molecule has 2 aromatic carbocycles. The van der Waals surface area contributed by atoms with Crippen LogP contribution in [-0.2, 0) is 22.1 Å². The van der Waals surface area contributed by atoms with Crippen LogP contribution in [0, 0.1) is 11.8 Å². The molecular weight excluding hydrogens is 556 g/mol. The summed E-state index contributed by atoms with van der Waals surface area (Å²) in [6.07, 6.45) is 9.76. The van der Waals surface area contributed by atoms with Crippen molar-refractivity contribution in [2.75, 3.05) is 31.7 Å². The van der Waals surface area contributed by atoms with E-state index in [0.717, 1.165) is 61.7 Å². The third-order valence-electron chi connectivity index (χ3n) is 8.32. The number of carbonyl (C=O) groups excluding carboxylic acids is 1. The highest BCUT2D eigenvalue weighted by Crippen LogP contribution is 2.43. The van der Waals surface area contributed by atoms with E-state index in [9.17, 15) is 9.00 Å². The van der Waals surface area contributed by atoms with Crippen LogP contribution in [0.5, 0.6) is 5.75 Å². The van der Waals surface area contributed by atoms with Crippen molar-refractivity contribution in [1.82, 2.24) is 4.72 Å². The SMILES string of the molecule is CC/C=C/C(OC)C1CCC1CN1CC(c2ccc(Cl)cc2CCC)COc2ccc(C(=O)NS(=O)C(C)C)cc21. The van der Waals surface area contributed by atoms with Crippen LogP contribution in [0.1, 0.15) is 80.8 Å². The number of nitrogens with zero attached hydrogens (tertiary/aromatic N) is 1. The van der Waals surface area contributed by atoms with Gasteiger partial charge in [0.05, 0.1) is 18.4 Å². The smallest absolute Gasteiger partial charge is 0.263 e. The lowest BCUT2D eigenvalue weighted by Gasteiger charge is -2.43. The molecule has 6 nitrogen and oxygen atoms in total. The number of amides is 1. The number of halogens is 1. The van der Waals surface area contributed by atoms with Crippen LogP contribution in [-0.4, -0.2) is 48.3 Å². The number of aryl methyl sites for hydroxylation is 1. The maximum absolute atomic E-state index is 13.0. The van der Waals surface area contributed by atoms with Gasteiger partial charge < -0.3 is 14.4 Å². The summed E-state index contributed by atoms with van der Waals surface area (Å²) in [6.45, 7) is 10.1. The van der Waals surface area contributed by atoms with Crippen LogP contribution in [0.4, 0.5) is 5.69 Å². The number of allylic oxidation sites excluding steroid dienone is 1. The molecule has 41 heavy (non-hydrogen) atoms. The largest absolute Gasteiger partial charge is 0.491 e. The minimum Gasteiger partial charge on any atom is -0.491 e. The van der Waals surface area contributed by atoms with E-state index in [2.05, 4.69) is 47.8 Å². The van der Waals surface area contributed by atoms with Crippen LogP contribution in [0.15, 0.2) is 48.6 Å². The van der Waals surface area contributed by atoms with Gasteiger partial charge in [0.1, 0.15) is 16.7 Å². The number of benzene rings is 2. The number of ether oxygens (including phenoxy) is 2. The molecule has 8 heteroatoms. The molecule has 224 valence electrons. The van der Waals surface area contributed by atoms with E-state index in [4.69, 9.17) is 21.1 Å². The molecule has 5 atom stereocenters. The lowest BCUT2D eigenvalue weighted by Crippen LogP contribution is -2.44. The number of rotatable bonds is 12. The fraction of sp³-hybridized carbons (Fsp3) is 0.545. The van der Waals surface area contributed by atoms with Gasteiger partial charge >= 0.3 is 0 Å². The Morgan fingerprint density at radius 3 is 2.68 bits per heavy atom. The van der Waals surface area contributed by atoms with Gasteiger partial charge in [-0.1, -0.05) is 50.1 Å². The number of methoxy groups -OCH3 is 1. The van der Waals surface area contributed by atoms with Crippen molar-refractivity contribution in [3.05, 3.63) is 70.3 Å². The second kappa shape index (κ2) is 14.7. The average molecular weight is 601 g/mol. The first-order chi connectivity index (χ1) is 19.7. The summed E-state index contributed by atoms with van der Waals surface area (Å²) in [5.74, 6) is 1.47. The Hall–Kier alpha value is -2.35. The van der Waals surface area contributed by atoms with E-state index in [1.807, 2.05) is 32.0 Å². The molecule has 1 saturated carbocycles. The molecule has 5 unspecified atom stereocenters. The Morgan fingerprint density at radius 2 is 2.02 bits per heavy atom.